The van der Waals surface area contributed by atoms with Crippen molar-refractivity contribution in [2.45, 2.75) is 25.4 Å². The van der Waals surface area contributed by atoms with Crippen molar-refractivity contribution in [3.05, 3.63) is 57.3 Å². The summed E-state index contributed by atoms with van der Waals surface area (Å²) in [7, 11) is 1.82. The first-order valence-electron chi connectivity index (χ1n) is 6.92. The summed E-state index contributed by atoms with van der Waals surface area (Å²) < 4.78 is 3.03. The number of aromatic nitrogens is 1. The molecule has 1 fully saturated rings. The maximum absolute atomic E-state index is 12.7. The van der Waals surface area contributed by atoms with Gasteiger partial charge in [0.2, 0.25) is 0 Å². The lowest BCUT2D eigenvalue weighted by atomic mass is 10.2. The van der Waals surface area contributed by atoms with Gasteiger partial charge in [-0.25, -0.2) is 0 Å². The Labute approximate surface area is 137 Å². The van der Waals surface area contributed by atoms with E-state index in [9.17, 15) is 4.79 Å². The van der Waals surface area contributed by atoms with E-state index in [0.717, 1.165) is 22.9 Å². The molecule has 0 bridgehead atoms. The number of hydrogen-bond acceptors (Lipinski definition) is 1. The summed E-state index contributed by atoms with van der Waals surface area (Å²) in [5.74, 6) is 0.00422. The molecule has 0 atom stereocenters. The third kappa shape index (κ3) is 3.16. The van der Waals surface area contributed by atoms with Gasteiger partial charge in [-0.2, -0.15) is 0 Å². The van der Waals surface area contributed by atoms with E-state index in [0.29, 0.717) is 23.3 Å². The highest BCUT2D eigenvalue weighted by Crippen LogP contribution is 2.37. The number of carbonyl (C=O) groups is 1. The molecule has 2 aromatic rings. The molecule has 0 saturated heterocycles. The predicted octanol–water partition coefficient (Wildman–Crippen LogP) is 4.51. The molecule has 1 saturated carbocycles. The fraction of sp³-hybridized carbons (Fsp3) is 0.312. The van der Waals surface area contributed by atoms with Gasteiger partial charge in [0.1, 0.15) is 5.69 Å². The van der Waals surface area contributed by atoms with Gasteiger partial charge < -0.3 is 9.47 Å². The molecule has 0 aliphatic heterocycles. The Bertz CT molecular complexity index is 679. The van der Waals surface area contributed by atoms with Crippen LogP contribution < -0.4 is 0 Å². The molecule has 0 unspecified atom stereocenters. The summed E-state index contributed by atoms with van der Waals surface area (Å²) in [4.78, 5) is 14.4. The normalized spacial score (nSPS) is 14.2. The van der Waals surface area contributed by atoms with Crippen LogP contribution in [0.3, 0.4) is 0 Å². The first-order valence-corrected chi connectivity index (χ1v) is 8.09. The van der Waals surface area contributed by atoms with Crippen LogP contribution in [0.5, 0.6) is 0 Å². The van der Waals surface area contributed by atoms with Gasteiger partial charge >= 0.3 is 0 Å². The minimum Gasteiger partial charge on any atom is -0.339 e. The third-order valence-electron chi connectivity index (χ3n) is 3.69. The fourth-order valence-electron chi connectivity index (χ4n) is 2.42. The van der Waals surface area contributed by atoms with Crippen LogP contribution >= 0.6 is 27.5 Å². The number of nitrogens with zero attached hydrogens (tertiary/aromatic N) is 2. The van der Waals surface area contributed by atoms with E-state index in [1.165, 1.54) is 0 Å². The Morgan fingerprint density at radius 2 is 2.14 bits per heavy atom. The SMILES string of the molecule is CN(Cc1ccccc1Br)C(=O)c1cc(Cl)cn1C1CC1. The van der Waals surface area contributed by atoms with Crippen molar-refractivity contribution in [1.29, 1.82) is 0 Å². The number of halogens is 2. The molecule has 3 nitrogen and oxygen atoms in total. The molecule has 0 radical (unpaired) electrons. The summed E-state index contributed by atoms with van der Waals surface area (Å²) in [6.45, 7) is 0.563. The topological polar surface area (TPSA) is 25.2 Å². The highest BCUT2D eigenvalue weighted by Gasteiger charge is 2.28. The Kier molecular flexibility index (Phi) is 4.09. The molecule has 3 rings (SSSR count). The Balaban J connectivity index is 1.80. The lowest BCUT2D eigenvalue weighted by molar-refractivity contribution is 0.0774. The van der Waals surface area contributed by atoms with Gasteiger partial charge in [0.25, 0.3) is 5.91 Å². The molecule has 1 aromatic heterocycles. The summed E-state index contributed by atoms with van der Waals surface area (Å²) in [6.07, 6.45) is 4.11. The molecule has 1 heterocycles. The number of hydrogen-bond donors (Lipinski definition) is 0. The first-order chi connectivity index (χ1) is 10.1. The largest absolute Gasteiger partial charge is 0.339 e. The Morgan fingerprint density at radius 3 is 2.81 bits per heavy atom. The third-order valence-corrected chi connectivity index (χ3v) is 4.67. The molecular weight excluding hydrogens is 352 g/mol. The van der Waals surface area contributed by atoms with Crippen LogP contribution in [0.2, 0.25) is 5.02 Å². The second kappa shape index (κ2) is 5.85. The zero-order chi connectivity index (χ0) is 15.0. The van der Waals surface area contributed by atoms with Crippen molar-refractivity contribution in [3.8, 4) is 0 Å². The second-order valence-electron chi connectivity index (χ2n) is 5.43. The summed E-state index contributed by atoms with van der Waals surface area (Å²) in [6, 6.07) is 10.1. The zero-order valence-electron chi connectivity index (χ0n) is 11.7. The fourth-order valence-corrected chi connectivity index (χ4v) is 3.04. The van der Waals surface area contributed by atoms with Crippen molar-refractivity contribution in [2.24, 2.45) is 0 Å². The van der Waals surface area contributed by atoms with E-state index in [4.69, 9.17) is 11.6 Å². The number of amides is 1. The Morgan fingerprint density at radius 1 is 1.43 bits per heavy atom. The monoisotopic (exact) mass is 366 g/mol. The predicted molar refractivity (Wildman–Crippen MR) is 87.7 cm³/mol. The molecule has 1 aliphatic carbocycles. The summed E-state index contributed by atoms with van der Waals surface area (Å²) >= 11 is 9.59. The number of carbonyl (C=O) groups excluding carboxylic acids is 1. The average Bonchev–Trinajstić information content (AvgIpc) is 3.23. The maximum Gasteiger partial charge on any atom is 0.270 e. The quantitative estimate of drug-likeness (QED) is 0.780. The van der Waals surface area contributed by atoms with Crippen molar-refractivity contribution in [3.63, 3.8) is 0 Å². The molecule has 0 N–H and O–H groups in total. The molecule has 1 aliphatic rings. The van der Waals surface area contributed by atoms with Gasteiger partial charge in [0.05, 0.1) is 5.02 Å². The van der Waals surface area contributed by atoms with Crippen molar-refractivity contribution >= 4 is 33.4 Å². The van der Waals surface area contributed by atoms with Crippen LogP contribution in [0.25, 0.3) is 0 Å². The van der Waals surface area contributed by atoms with Crippen molar-refractivity contribution in [2.75, 3.05) is 7.05 Å². The molecule has 110 valence electrons. The van der Waals surface area contributed by atoms with Gasteiger partial charge in [-0.05, 0) is 30.5 Å². The van der Waals surface area contributed by atoms with Crippen LogP contribution in [0.1, 0.15) is 34.9 Å². The molecule has 1 amide bonds. The molecule has 1 aromatic carbocycles. The van der Waals surface area contributed by atoms with Crippen LogP contribution in [-0.4, -0.2) is 22.4 Å². The van der Waals surface area contributed by atoms with Gasteiger partial charge in [-0.3, -0.25) is 4.79 Å². The number of benzene rings is 1. The lowest BCUT2D eigenvalue weighted by Crippen LogP contribution is -2.28. The van der Waals surface area contributed by atoms with Gasteiger partial charge in [0, 0.05) is 30.3 Å². The highest BCUT2D eigenvalue weighted by molar-refractivity contribution is 9.10. The van der Waals surface area contributed by atoms with E-state index >= 15 is 0 Å². The van der Waals surface area contributed by atoms with Gasteiger partial charge in [-0.1, -0.05) is 45.7 Å². The van der Waals surface area contributed by atoms with Crippen molar-refractivity contribution < 1.29 is 4.79 Å². The summed E-state index contributed by atoms with van der Waals surface area (Å²) in [5, 5.41) is 0.625. The van der Waals surface area contributed by atoms with E-state index in [1.807, 2.05) is 42.1 Å². The van der Waals surface area contributed by atoms with E-state index in [2.05, 4.69) is 15.9 Å². The maximum atomic E-state index is 12.7. The second-order valence-corrected chi connectivity index (χ2v) is 6.73. The zero-order valence-corrected chi connectivity index (χ0v) is 14.1. The molecule has 0 spiro atoms. The highest BCUT2D eigenvalue weighted by atomic mass is 79.9. The van der Waals surface area contributed by atoms with Gasteiger partial charge in [0.15, 0.2) is 0 Å². The number of rotatable bonds is 4. The van der Waals surface area contributed by atoms with Crippen molar-refractivity contribution in [1.82, 2.24) is 9.47 Å². The first kappa shape index (κ1) is 14.7. The van der Waals surface area contributed by atoms with E-state index in [1.54, 1.807) is 11.0 Å². The van der Waals surface area contributed by atoms with E-state index < -0.39 is 0 Å². The molecule has 21 heavy (non-hydrogen) atoms. The van der Waals surface area contributed by atoms with E-state index in [-0.39, 0.29) is 5.91 Å². The smallest absolute Gasteiger partial charge is 0.270 e. The van der Waals surface area contributed by atoms with Crippen LogP contribution in [0.4, 0.5) is 0 Å². The molecular formula is C16H16BrClN2O. The summed E-state index contributed by atoms with van der Waals surface area (Å²) in [5.41, 5.74) is 1.76. The van der Waals surface area contributed by atoms with Crippen LogP contribution in [0, 0.1) is 0 Å². The average molecular weight is 368 g/mol. The Hall–Kier alpha value is -1.26. The standard InChI is InChI=1S/C16H16BrClN2O/c1-19(9-11-4-2-3-5-14(11)17)16(21)15-8-12(18)10-20(15)13-6-7-13/h2-5,8,10,13H,6-7,9H2,1H3. The van der Waals surface area contributed by atoms with Gasteiger partial charge in [-0.15, -0.1) is 0 Å². The lowest BCUT2D eigenvalue weighted by Gasteiger charge is -2.19. The molecule has 5 heteroatoms. The minimum atomic E-state index is 0.00422. The van der Waals surface area contributed by atoms with Crippen LogP contribution in [-0.2, 0) is 6.54 Å². The van der Waals surface area contributed by atoms with Crippen LogP contribution in [0.15, 0.2) is 41.0 Å². The minimum absolute atomic E-state index is 0.00422.